The van der Waals surface area contributed by atoms with Crippen molar-refractivity contribution in [3.63, 3.8) is 0 Å². The number of benzene rings is 2. The Balaban J connectivity index is 1.65. The fraction of sp³-hybridized carbons (Fsp3) is 0. The first-order chi connectivity index (χ1) is 15.0. The molecule has 0 radical (unpaired) electrons. The SMILES string of the molecule is O=C(O)c1ccc(Nc2ncc3c(=O)n(-c4ccccc4Cl)c4nccn4c3n2)cc1. The molecule has 0 spiro atoms. The highest BCUT2D eigenvalue weighted by atomic mass is 35.5. The molecule has 0 aliphatic heterocycles. The van der Waals surface area contributed by atoms with Gasteiger partial charge in [0.1, 0.15) is 5.39 Å². The minimum absolute atomic E-state index is 0.172. The molecule has 5 rings (SSSR count). The van der Waals surface area contributed by atoms with E-state index >= 15 is 0 Å². The van der Waals surface area contributed by atoms with Gasteiger partial charge < -0.3 is 10.4 Å². The number of nitrogens with one attached hydrogen (secondary N) is 1. The molecule has 0 saturated heterocycles. The van der Waals surface area contributed by atoms with Crippen LogP contribution in [-0.4, -0.2) is 35.0 Å². The van der Waals surface area contributed by atoms with Crippen molar-refractivity contribution < 1.29 is 9.90 Å². The van der Waals surface area contributed by atoms with Gasteiger partial charge >= 0.3 is 5.97 Å². The summed E-state index contributed by atoms with van der Waals surface area (Å²) in [5.41, 5.74) is 1.31. The number of carboxylic acid groups (broad SMARTS) is 1. The van der Waals surface area contributed by atoms with Crippen LogP contribution < -0.4 is 10.9 Å². The van der Waals surface area contributed by atoms with Crippen molar-refractivity contribution in [2.45, 2.75) is 0 Å². The fourth-order valence-corrected chi connectivity index (χ4v) is 3.50. The van der Waals surface area contributed by atoms with Crippen molar-refractivity contribution in [1.82, 2.24) is 23.9 Å². The maximum Gasteiger partial charge on any atom is 0.335 e. The van der Waals surface area contributed by atoms with Gasteiger partial charge in [-0.1, -0.05) is 23.7 Å². The molecule has 0 fully saturated rings. The Hall–Kier alpha value is -4.24. The van der Waals surface area contributed by atoms with E-state index in [0.29, 0.717) is 27.8 Å². The standard InChI is InChI=1S/C21H13ClN6O3/c22-15-3-1-2-4-16(15)28-18(29)14-11-24-20(26-17(14)27-10-9-23-21(27)28)25-13-7-5-12(6-8-13)19(30)31/h1-11H,(H,30,31)(H,24,25,26). The van der Waals surface area contributed by atoms with E-state index in [2.05, 4.69) is 20.3 Å². The summed E-state index contributed by atoms with van der Waals surface area (Å²) in [6.45, 7) is 0. The smallest absolute Gasteiger partial charge is 0.335 e. The zero-order chi connectivity index (χ0) is 21.5. The molecule has 152 valence electrons. The molecule has 0 aliphatic carbocycles. The van der Waals surface area contributed by atoms with Gasteiger partial charge in [0.2, 0.25) is 11.7 Å². The summed E-state index contributed by atoms with van der Waals surface area (Å²) in [5, 5.41) is 12.7. The molecule has 2 aromatic carbocycles. The third-order valence-electron chi connectivity index (χ3n) is 4.73. The largest absolute Gasteiger partial charge is 0.478 e. The lowest BCUT2D eigenvalue weighted by molar-refractivity contribution is 0.0697. The number of hydrogen-bond acceptors (Lipinski definition) is 6. The summed E-state index contributed by atoms with van der Waals surface area (Å²) in [7, 11) is 0. The molecule has 3 aromatic heterocycles. The van der Waals surface area contributed by atoms with Gasteiger partial charge in [0.05, 0.1) is 16.3 Å². The van der Waals surface area contributed by atoms with Gasteiger partial charge in [0.15, 0.2) is 5.65 Å². The normalized spacial score (nSPS) is 11.1. The van der Waals surface area contributed by atoms with Crippen LogP contribution in [0.15, 0.2) is 71.9 Å². The van der Waals surface area contributed by atoms with E-state index in [1.165, 1.54) is 22.9 Å². The first-order valence-corrected chi connectivity index (χ1v) is 9.51. The molecule has 0 bridgehead atoms. The first kappa shape index (κ1) is 18.8. The molecule has 2 N–H and O–H groups in total. The maximum atomic E-state index is 13.3. The number of anilines is 2. The van der Waals surface area contributed by atoms with Crippen molar-refractivity contribution in [2.24, 2.45) is 0 Å². The second-order valence-corrected chi connectivity index (χ2v) is 7.03. The van der Waals surface area contributed by atoms with E-state index in [4.69, 9.17) is 16.7 Å². The van der Waals surface area contributed by atoms with Crippen LogP contribution in [0, 0.1) is 0 Å². The molecule has 0 atom stereocenters. The van der Waals surface area contributed by atoms with Gasteiger partial charge in [0, 0.05) is 24.3 Å². The second-order valence-electron chi connectivity index (χ2n) is 6.63. The Morgan fingerprint density at radius 1 is 1.06 bits per heavy atom. The third-order valence-corrected chi connectivity index (χ3v) is 5.05. The minimum Gasteiger partial charge on any atom is -0.478 e. The Morgan fingerprint density at radius 3 is 2.58 bits per heavy atom. The Morgan fingerprint density at radius 2 is 1.84 bits per heavy atom. The van der Waals surface area contributed by atoms with Crippen molar-refractivity contribution >= 4 is 46.0 Å². The van der Waals surface area contributed by atoms with Crippen LogP contribution in [-0.2, 0) is 0 Å². The number of carbonyl (C=O) groups is 1. The lowest BCUT2D eigenvalue weighted by Gasteiger charge is -2.12. The van der Waals surface area contributed by atoms with Crippen LogP contribution in [0.4, 0.5) is 11.6 Å². The van der Waals surface area contributed by atoms with E-state index in [1.54, 1.807) is 53.2 Å². The molecule has 0 amide bonds. The quantitative estimate of drug-likeness (QED) is 0.446. The number of halogens is 1. The minimum atomic E-state index is -1.01. The van der Waals surface area contributed by atoms with Gasteiger partial charge in [-0.2, -0.15) is 4.98 Å². The number of imidazole rings is 1. The third kappa shape index (κ3) is 3.17. The van der Waals surface area contributed by atoms with E-state index < -0.39 is 5.97 Å². The topological polar surface area (TPSA) is 114 Å². The van der Waals surface area contributed by atoms with Crippen LogP contribution in [0.1, 0.15) is 10.4 Å². The zero-order valence-corrected chi connectivity index (χ0v) is 16.5. The average molecular weight is 433 g/mol. The van der Waals surface area contributed by atoms with Crippen molar-refractivity contribution in [1.29, 1.82) is 0 Å². The van der Waals surface area contributed by atoms with Gasteiger partial charge in [-0.15, -0.1) is 0 Å². The highest BCUT2D eigenvalue weighted by Gasteiger charge is 2.17. The van der Waals surface area contributed by atoms with Gasteiger partial charge in [0.25, 0.3) is 5.56 Å². The fourth-order valence-electron chi connectivity index (χ4n) is 3.28. The number of fused-ring (bicyclic) bond motifs is 3. The number of nitrogens with zero attached hydrogens (tertiary/aromatic N) is 5. The van der Waals surface area contributed by atoms with E-state index in [-0.39, 0.29) is 22.5 Å². The lowest BCUT2D eigenvalue weighted by atomic mass is 10.2. The predicted octanol–water partition coefficient (Wildman–Crippen LogP) is 3.52. The Bertz CT molecular complexity index is 1520. The number of hydrogen-bond donors (Lipinski definition) is 2. The van der Waals surface area contributed by atoms with Crippen LogP contribution in [0.5, 0.6) is 0 Å². The van der Waals surface area contributed by atoms with E-state index in [9.17, 15) is 9.59 Å². The molecular formula is C21H13ClN6O3. The highest BCUT2D eigenvalue weighted by Crippen LogP contribution is 2.22. The summed E-state index contributed by atoms with van der Waals surface area (Å²) in [4.78, 5) is 37.3. The number of aromatic nitrogens is 5. The number of para-hydroxylation sites is 1. The van der Waals surface area contributed by atoms with Gasteiger partial charge in [-0.05, 0) is 36.4 Å². The van der Waals surface area contributed by atoms with Crippen LogP contribution in [0.25, 0.3) is 22.5 Å². The van der Waals surface area contributed by atoms with Crippen molar-refractivity contribution in [3.05, 3.63) is 88.1 Å². The number of aromatic carboxylic acids is 1. The van der Waals surface area contributed by atoms with Gasteiger partial charge in [-0.25, -0.2) is 19.3 Å². The summed E-state index contributed by atoms with van der Waals surface area (Å²) in [6.07, 6.45) is 4.70. The molecule has 0 aliphatic rings. The first-order valence-electron chi connectivity index (χ1n) is 9.13. The predicted molar refractivity (Wildman–Crippen MR) is 116 cm³/mol. The summed E-state index contributed by atoms with van der Waals surface area (Å²) in [6, 6.07) is 13.2. The molecule has 9 nitrogen and oxygen atoms in total. The van der Waals surface area contributed by atoms with E-state index in [1.807, 2.05) is 0 Å². The molecule has 0 saturated carbocycles. The molecular weight excluding hydrogens is 420 g/mol. The highest BCUT2D eigenvalue weighted by molar-refractivity contribution is 6.32. The number of carboxylic acids is 1. The monoisotopic (exact) mass is 432 g/mol. The zero-order valence-electron chi connectivity index (χ0n) is 15.7. The molecule has 5 aromatic rings. The van der Waals surface area contributed by atoms with Crippen LogP contribution in [0.2, 0.25) is 5.02 Å². The molecule has 10 heteroatoms. The van der Waals surface area contributed by atoms with Crippen LogP contribution in [0.3, 0.4) is 0 Å². The summed E-state index contributed by atoms with van der Waals surface area (Å²) in [5.74, 6) is -0.396. The maximum absolute atomic E-state index is 13.3. The second kappa shape index (κ2) is 7.22. The molecule has 0 unspecified atom stereocenters. The van der Waals surface area contributed by atoms with Gasteiger partial charge in [-0.3, -0.25) is 9.20 Å². The van der Waals surface area contributed by atoms with Crippen molar-refractivity contribution in [3.8, 4) is 5.69 Å². The lowest BCUT2D eigenvalue weighted by Crippen LogP contribution is -2.22. The Kier molecular flexibility index (Phi) is 4.37. The Labute approximate surface area is 179 Å². The van der Waals surface area contributed by atoms with E-state index in [0.717, 1.165) is 0 Å². The summed E-state index contributed by atoms with van der Waals surface area (Å²) < 4.78 is 3.10. The van der Waals surface area contributed by atoms with Crippen LogP contribution >= 0.6 is 11.6 Å². The van der Waals surface area contributed by atoms with Crippen molar-refractivity contribution in [2.75, 3.05) is 5.32 Å². The summed E-state index contributed by atoms with van der Waals surface area (Å²) >= 11 is 6.32. The molecule has 3 heterocycles. The average Bonchev–Trinajstić information content (AvgIpc) is 3.25. The molecule has 31 heavy (non-hydrogen) atoms. The number of rotatable bonds is 4.